The molecule has 3 N–H and O–H groups in total. The van der Waals surface area contributed by atoms with E-state index in [0.717, 1.165) is 17.5 Å². The Morgan fingerprint density at radius 2 is 2.10 bits per heavy atom. The Hall–Kier alpha value is -1.30. The van der Waals surface area contributed by atoms with Gasteiger partial charge in [0.15, 0.2) is 5.82 Å². The monoisotopic (exact) mass is 296 g/mol. The van der Waals surface area contributed by atoms with E-state index < -0.39 is 0 Å². The van der Waals surface area contributed by atoms with Gasteiger partial charge in [0.05, 0.1) is 0 Å². The van der Waals surface area contributed by atoms with Gasteiger partial charge in [0.2, 0.25) is 0 Å². The molecule has 0 bridgehead atoms. The summed E-state index contributed by atoms with van der Waals surface area (Å²) in [6.45, 7) is 9.15. The number of anilines is 2. The van der Waals surface area contributed by atoms with Gasteiger partial charge in [0.1, 0.15) is 10.6 Å². The maximum atomic E-state index is 12.3. The van der Waals surface area contributed by atoms with Gasteiger partial charge in [-0.25, -0.2) is 0 Å². The lowest BCUT2D eigenvalue weighted by Crippen LogP contribution is -2.36. The second-order valence-corrected chi connectivity index (χ2v) is 6.82. The summed E-state index contributed by atoms with van der Waals surface area (Å²) in [6.07, 6.45) is 2.57. The minimum Gasteiger partial charge on any atom is -0.382 e. The number of carbonyl (C=O) groups excluding carboxylic acids is 1. The lowest BCUT2D eigenvalue weighted by atomic mass is 10.2. The Morgan fingerprint density at radius 3 is 2.60 bits per heavy atom. The highest BCUT2D eigenvalue weighted by Gasteiger charge is 2.30. The normalized spacial score (nSPS) is 14.9. The van der Waals surface area contributed by atoms with Crippen LogP contribution in [0.4, 0.5) is 10.8 Å². The number of aromatic nitrogens is 1. The van der Waals surface area contributed by atoms with Crippen LogP contribution in [0.5, 0.6) is 0 Å². The van der Waals surface area contributed by atoms with E-state index in [0.29, 0.717) is 17.4 Å². The van der Waals surface area contributed by atoms with Crippen molar-refractivity contribution in [1.82, 2.24) is 9.69 Å². The summed E-state index contributed by atoms with van der Waals surface area (Å²) in [5.41, 5.74) is 6.45. The summed E-state index contributed by atoms with van der Waals surface area (Å²) < 4.78 is 4.19. The highest BCUT2D eigenvalue weighted by atomic mass is 32.1. The Morgan fingerprint density at radius 1 is 1.45 bits per heavy atom. The number of hydrogen-bond donors (Lipinski definition) is 2. The summed E-state index contributed by atoms with van der Waals surface area (Å²) in [5.74, 6) is 0.967. The van der Waals surface area contributed by atoms with Crippen molar-refractivity contribution in [3.8, 4) is 0 Å². The zero-order valence-corrected chi connectivity index (χ0v) is 13.5. The molecule has 0 saturated heterocycles. The topological polar surface area (TPSA) is 71.2 Å². The van der Waals surface area contributed by atoms with Crippen molar-refractivity contribution in [3.63, 3.8) is 0 Å². The van der Waals surface area contributed by atoms with E-state index in [4.69, 9.17) is 5.73 Å². The van der Waals surface area contributed by atoms with Crippen molar-refractivity contribution in [3.05, 3.63) is 5.56 Å². The lowest BCUT2D eigenvalue weighted by molar-refractivity contribution is 0.0944. The van der Waals surface area contributed by atoms with Gasteiger partial charge in [-0.3, -0.25) is 4.79 Å². The van der Waals surface area contributed by atoms with E-state index >= 15 is 0 Å². The molecule has 0 unspecified atom stereocenters. The van der Waals surface area contributed by atoms with Crippen LogP contribution in [0.3, 0.4) is 0 Å². The van der Waals surface area contributed by atoms with Crippen LogP contribution in [0.2, 0.25) is 0 Å². The van der Waals surface area contributed by atoms with Crippen molar-refractivity contribution < 1.29 is 4.79 Å². The molecular formula is C14H24N4OS. The Kier molecular flexibility index (Phi) is 4.52. The molecule has 1 aromatic rings. The Labute approximate surface area is 124 Å². The van der Waals surface area contributed by atoms with Gasteiger partial charge in [-0.2, -0.15) is 4.37 Å². The van der Waals surface area contributed by atoms with Gasteiger partial charge >= 0.3 is 0 Å². The maximum Gasteiger partial charge on any atom is 0.258 e. The van der Waals surface area contributed by atoms with E-state index in [9.17, 15) is 4.79 Å². The summed E-state index contributed by atoms with van der Waals surface area (Å²) in [5, 5.41) is 3.82. The fourth-order valence-electron chi connectivity index (χ4n) is 2.14. The smallest absolute Gasteiger partial charge is 0.258 e. The van der Waals surface area contributed by atoms with Crippen LogP contribution in [0, 0.1) is 5.92 Å². The summed E-state index contributed by atoms with van der Waals surface area (Å²) in [7, 11) is 0. The number of nitrogen functional groups attached to an aromatic ring is 1. The maximum absolute atomic E-state index is 12.3. The number of nitrogens with two attached hydrogens (primary N) is 1. The van der Waals surface area contributed by atoms with Gasteiger partial charge in [0.25, 0.3) is 5.91 Å². The Bertz CT molecular complexity index is 480. The number of rotatable bonds is 6. The molecule has 1 aliphatic carbocycles. The van der Waals surface area contributed by atoms with Crippen LogP contribution in [-0.4, -0.2) is 28.9 Å². The van der Waals surface area contributed by atoms with Gasteiger partial charge in [0, 0.05) is 18.6 Å². The largest absolute Gasteiger partial charge is 0.382 e. The molecule has 1 saturated carbocycles. The zero-order chi connectivity index (χ0) is 14.9. The molecule has 2 rings (SSSR count). The summed E-state index contributed by atoms with van der Waals surface area (Å²) >= 11 is 1.33. The minimum atomic E-state index is -0.123. The van der Waals surface area contributed by atoms with E-state index in [1.165, 1.54) is 24.4 Å². The van der Waals surface area contributed by atoms with Crippen molar-refractivity contribution >= 4 is 28.3 Å². The third kappa shape index (κ3) is 3.42. The van der Waals surface area contributed by atoms with Crippen LogP contribution in [0.25, 0.3) is 0 Å². The van der Waals surface area contributed by atoms with Crippen LogP contribution in [0.15, 0.2) is 0 Å². The van der Waals surface area contributed by atoms with Crippen molar-refractivity contribution in [2.45, 2.75) is 52.6 Å². The minimum absolute atomic E-state index is 0.0885. The molecule has 0 aromatic carbocycles. The van der Waals surface area contributed by atoms with E-state index in [2.05, 4.69) is 28.4 Å². The van der Waals surface area contributed by atoms with E-state index in [1.807, 2.05) is 13.8 Å². The summed E-state index contributed by atoms with van der Waals surface area (Å²) in [6, 6.07) is 0.423. The molecule has 1 heterocycles. The van der Waals surface area contributed by atoms with E-state index in [1.54, 1.807) is 0 Å². The predicted molar refractivity (Wildman–Crippen MR) is 84.3 cm³/mol. The molecule has 1 aromatic heterocycles. The Balaban J connectivity index is 2.27. The van der Waals surface area contributed by atoms with Gasteiger partial charge < -0.3 is 16.0 Å². The lowest BCUT2D eigenvalue weighted by Gasteiger charge is -2.28. The van der Waals surface area contributed by atoms with Crippen molar-refractivity contribution in [2.75, 3.05) is 17.2 Å². The van der Waals surface area contributed by atoms with Crippen LogP contribution >= 0.6 is 11.5 Å². The first-order valence-electron chi connectivity index (χ1n) is 7.22. The van der Waals surface area contributed by atoms with Crippen molar-refractivity contribution in [1.29, 1.82) is 0 Å². The average Bonchev–Trinajstić information content (AvgIpc) is 3.07. The zero-order valence-electron chi connectivity index (χ0n) is 12.6. The molecular weight excluding hydrogens is 272 g/mol. The van der Waals surface area contributed by atoms with Crippen LogP contribution < -0.4 is 16.0 Å². The number of hydrogen-bond acceptors (Lipinski definition) is 5. The first-order chi connectivity index (χ1) is 9.40. The molecule has 20 heavy (non-hydrogen) atoms. The highest BCUT2D eigenvalue weighted by Crippen LogP contribution is 2.37. The molecule has 0 radical (unpaired) electrons. The van der Waals surface area contributed by atoms with Crippen LogP contribution in [-0.2, 0) is 0 Å². The van der Waals surface area contributed by atoms with Crippen molar-refractivity contribution in [2.24, 2.45) is 5.92 Å². The molecule has 1 amide bonds. The van der Waals surface area contributed by atoms with Gasteiger partial charge in [-0.15, -0.1) is 0 Å². The number of nitrogens with zero attached hydrogens (tertiary/aromatic N) is 2. The first kappa shape index (κ1) is 15.1. The third-order valence-electron chi connectivity index (χ3n) is 3.38. The van der Waals surface area contributed by atoms with Gasteiger partial charge in [-0.05, 0) is 58.0 Å². The van der Waals surface area contributed by atoms with Crippen LogP contribution in [0.1, 0.15) is 50.9 Å². The number of carbonyl (C=O) groups is 1. The standard InChI is InChI=1S/C14H24N4OS/c1-8(2)16-13(19)11-12(15)17-20-14(11)18(9(3)4)7-10-5-6-10/h8-10H,5-7H2,1-4H3,(H2,15,17)(H,16,19). The van der Waals surface area contributed by atoms with Gasteiger partial charge in [-0.1, -0.05) is 0 Å². The highest BCUT2D eigenvalue weighted by molar-refractivity contribution is 7.11. The molecule has 112 valence electrons. The molecule has 1 aliphatic rings. The van der Waals surface area contributed by atoms with E-state index in [-0.39, 0.29) is 11.9 Å². The molecule has 5 nitrogen and oxygen atoms in total. The average molecular weight is 296 g/mol. The second kappa shape index (κ2) is 5.99. The number of nitrogens with one attached hydrogen (secondary N) is 1. The third-order valence-corrected chi connectivity index (χ3v) is 4.28. The SMILES string of the molecule is CC(C)NC(=O)c1c(N)nsc1N(CC1CC1)C(C)C. The molecule has 0 spiro atoms. The summed E-state index contributed by atoms with van der Waals surface area (Å²) in [4.78, 5) is 14.6. The molecule has 6 heteroatoms. The molecule has 1 fully saturated rings. The fraction of sp³-hybridized carbons (Fsp3) is 0.714. The fourth-order valence-corrected chi connectivity index (χ4v) is 3.10. The number of amides is 1. The molecule has 0 atom stereocenters. The molecule has 0 aliphatic heterocycles. The first-order valence-corrected chi connectivity index (χ1v) is 8.00. The predicted octanol–water partition coefficient (Wildman–Crippen LogP) is 2.49. The second-order valence-electron chi connectivity index (χ2n) is 6.07. The quantitative estimate of drug-likeness (QED) is 0.846.